The van der Waals surface area contributed by atoms with Crippen molar-refractivity contribution in [2.45, 2.75) is 31.9 Å². The van der Waals surface area contributed by atoms with E-state index in [-0.39, 0.29) is 23.0 Å². The number of halogens is 4. The molecule has 0 bridgehead atoms. The standard InChI is InChI=1S/C19H17F4N3O5/c1-8(9-4-3-5-10(12(9)20)15(22)23)24-16-11(18-30-6-7-31-18)14(13(21)17(27)28)25-19(26-16)29-2/h3-8,13,15,18H,1-2H3,(H,27,28)(H,24,25,26)/t8-,13?/m1/s1. The van der Waals surface area contributed by atoms with E-state index in [4.69, 9.17) is 19.3 Å². The third kappa shape index (κ3) is 4.47. The van der Waals surface area contributed by atoms with Crippen LogP contribution in [-0.4, -0.2) is 28.2 Å². The first-order chi connectivity index (χ1) is 14.7. The Balaban J connectivity index is 2.08. The SMILES string of the molecule is COc1nc(N[C@H](C)c2cccc(C(F)F)c2F)c(C2OC=CO2)c(C(F)C(=O)O)n1. The van der Waals surface area contributed by atoms with Crippen LogP contribution in [-0.2, 0) is 14.3 Å². The molecule has 166 valence electrons. The van der Waals surface area contributed by atoms with E-state index in [0.29, 0.717) is 0 Å². The zero-order valence-electron chi connectivity index (χ0n) is 16.2. The average molecular weight is 443 g/mol. The van der Waals surface area contributed by atoms with Crippen molar-refractivity contribution in [1.82, 2.24) is 9.97 Å². The third-order valence-electron chi connectivity index (χ3n) is 4.40. The molecule has 1 aromatic carbocycles. The number of carbonyl (C=O) groups is 1. The number of alkyl halides is 3. The highest BCUT2D eigenvalue weighted by molar-refractivity contribution is 5.75. The van der Waals surface area contributed by atoms with Gasteiger partial charge in [-0.3, -0.25) is 0 Å². The van der Waals surface area contributed by atoms with Gasteiger partial charge in [0.2, 0.25) is 6.17 Å². The number of ether oxygens (including phenoxy) is 3. The van der Waals surface area contributed by atoms with Crippen LogP contribution in [0.15, 0.2) is 30.7 Å². The lowest BCUT2D eigenvalue weighted by atomic mass is 10.0. The number of hydrogen-bond acceptors (Lipinski definition) is 7. The Kier molecular flexibility index (Phi) is 6.47. The van der Waals surface area contributed by atoms with E-state index < -0.39 is 48.0 Å². The number of carboxylic acids is 1. The number of hydrogen-bond donors (Lipinski definition) is 2. The lowest BCUT2D eigenvalue weighted by Crippen LogP contribution is -2.20. The summed E-state index contributed by atoms with van der Waals surface area (Å²) in [6, 6.07) is 2.17. The van der Waals surface area contributed by atoms with Crippen LogP contribution in [0.5, 0.6) is 6.01 Å². The van der Waals surface area contributed by atoms with Crippen molar-refractivity contribution < 1.29 is 41.7 Å². The summed E-state index contributed by atoms with van der Waals surface area (Å²) in [5.74, 6) is -3.14. The van der Waals surface area contributed by atoms with Gasteiger partial charge in [-0.25, -0.2) is 22.4 Å². The van der Waals surface area contributed by atoms with E-state index in [0.717, 1.165) is 18.6 Å². The van der Waals surface area contributed by atoms with Crippen LogP contribution >= 0.6 is 0 Å². The number of aliphatic carboxylic acids is 1. The van der Waals surface area contributed by atoms with Gasteiger partial charge in [0.05, 0.1) is 18.7 Å². The predicted octanol–water partition coefficient (Wildman–Crippen LogP) is 4.35. The molecule has 2 atom stereocenters. The molecule has 2 N–H and O–H groups in total. The van der Waals surface area contributed by atoms with Crippen molar-refractivity contribution in [3.63, 3.8) is 0 Å². The van der Waals surface area contributed by atoms with E-state index in [1.54, 1.807) is 0 Å². The first-order valence-electron chi connectivity index (χ1n) is 8.86. The molecule has 0 aliphatic carbocycles. The fourth-order valence-electron chi connectivity index (χ4n) is 2.94. The van der Waals surface area contributed by atoms with Crippen LogP contribution in [0, 0.1) is 5.82 Å². The van der Waals surface area contributed by atoms with Gasteiger partial charge in [-0.1, -0.05) is 18.2 Å². The van der Waals surface area contributed by atoms with Gasteiger partial charge >= 0.3 is 12.0 Å². The molecule has 8 nitrogen and oxygen atoms in total. The minimum atomic E-state index is -3.03. The van der Waals surface area contributed by atoms with E-state index >= 15 is 0 Å². The third-order valence-corrected chi connectivity index (χ3v) is 4.40. The molecule has 3 rings (SSSR count). The van der Waals surface area contributed by atoms with Crippen molar-refractivity contribution >= 4 is 11.8 Å². The maximum absolute atomic E-state index is 14.6. The number of anilines is 1. The summed E-state index contributed by atoms with van der Waals surface area (Å²) < 4.78 is 70.4. The van der Waals surface area contributed by atoms with Crippen LogP contribution in [0.2, 0.25) is 0 Å². The number of benzene rings is 1. The largest absolute Gasteiger partial charge is 0.479 e. The lowest BCUT2D eigenvalue weighted by molar-refractivity contribution is -0.143. The summed E-state index contributed by atoms with van der Waals surface area (Å²) in [6.45, 7) is 1.45. The van der Waals surface area contributed by atoms with Gasteiger partial charge in [-0.15, -0.1) is 0 Å². The Hall–Kier alpha value is -3.57. The van der Waals surface area contributed by atoms with Crippen LogP contribution in [0.1, 0.15) is 54.2 Å². The fourth-order valence-corrected chi connectivity index (χ4v) is 2.94. The molecule has 1 aromatic heterocycles. The summed E-state index contributed by atoms with van der Waals surface area (Å²) in [5.41, 5.74) is -1.72. The normalized spacial score (nSPS) is 15.3. The molecule has 1 unspecified atom stereocenters. The van der Waals surface area contributed by atoms with Gasteiger partial charge < -0.3 is 24.6 Å². The molecular weight excluding hydrogens is 426 g/mol. The van der Waals surface area contributed by atoms with Gasteiger partial charge in [0.15, 0.2) is 0 Å². The zero-order chi connectivity index (χ0) is 22.7. The Morgan fingerprint density at radius 1 is 1.19 bits per heavy atom. The summed E-state index contributed by atoms with van der Waals surface area (Å²) in [7, 11) is 1.18. The summed E-state index contributed by atoms with van der Waals surface area (Å²) in [5, 5.41) is 11.9. The molecule has 2 aromatic rings. The fraction of sp³-hybridized carbons (Fsp3) is 0.316. The minimum Gasteiger partial charge on any atom is -0.479 e. The first kappa shape index (κ1) is 22.1. The minimum absolute atomic E-state index is 0.121. The average Bonchev–Trinajstić information content (AvgIpc) is 3.26. The van der Waals surface area contributed by atoms with Crippen LogP contribution < -0.4 is 10.1 Å². The second-order valence-corrected chi connectivity index (χ2v) is 6.35. The molecule has 0 fully saturated rings. The lowest BCUT2D eigenvalue weighted by Gasteiger charge is -2.23. The number of nitrogens with zero attached hydrogens (tertiary/aromatic N) is 2. The highest BCUT2D eigenvalue weighted by Crippen LogP contribution is 2.38. The zero-order valence-corrected chi connectivity index (χ0v) is 16.2. The molecule has 0 saturated carbocycles. The van der Waals surface area contributed by atoms with E-state index in [9.17, 15) is 22.4 Å². The van der Waals surface area contributed by atoms with Crippen LogP contribution in [0.4, 0.5) is 23.4 Å². The molecule has 31 heavy (non-hydrogen) atoms. The van der Waals surface area contributed by atoms with Crippen molar-refractivity contribution in [1.29, 1.82) is 0 Å². The molecule has 1 aliphatic heterocycles. The van der Waals surface area contributed by atoms with Gasteiger partial charge in [-0.2, -0.15) is 9.97 Å². The summed E-state index contributed by atoms with van der Waals surface area (Å²) in [6.07, 6.45) is -4.63. The Labute approximate surface area is 173 Å². The van der Waals surface area contributed by atoms with Crippen molar-refractivity contribution in [2.24, 2.45) is 0 Å². The molecule has 0 amide bonds. The van der Waals surface area contributed by atoms with Crippen molar-refractivity contribution in [2.75, 3.05) is 12.4 Å². The molecule has 0 spiro atoms. The van der Waals surface area contributed by atoms with Crippen molar-refractivity contribution in [3.05, 3.63) is 58.9 Å². The number of nitrogens with one attached hydrogen (secondary N) is 1. The smallest absolute Gasteiger partial charge is 0.344 e. The van der Waals surface area contributed by atoms with Gasteiger partial charge in [0, 0.05) is 5.56 Å². The number of rotatable bonds is 8. The van der Waals surface area contributed by atoms with Gasteiger partial charge in [0.25, 0.3) is 12.7 Å². The highest BCUT2D eigenvalue weighted by Gasteiger charge is 2.35. The van der Waals surface area contributed by atoms with Crippen molar-refractivity contribution in [3.8, 4) is 6.01 Å². The molecule has 0 radical (unpaired) electrons. The topological polar surface area (TPSA) is 103 Å². The Morgan fingerprint density at radius 3 is 2.42 bits per heavy atom. The predicted molar refractivity (Wildman–Crippen MR) is 97.5 cm³/mol. The molecule has 2 heterocycles. The molecule has 0 saturated heterocycles. The van der Waals surface area contributed by atoms with E-state index in [1.807, 2.05) is 0 Å². The maximum atomic E-state index is 14.6. The van der Waals surface area contributed by atoms with Crippen LogP contribution in [0.3, 0.4) is 0 Å². The first-order valence-corrected chi connectivity index (χ1v) is 8.86. The van der Waals surface area contributed by atoms with E-state index in [2.05, 4.69) is 15.3 Å². The molecular formula is C19H17F4N3O5. The highest BCUT2D eigenvalue weighted by atomic mass is 19.3. The van der Waals surface area contributed by atoms with Gasteiger partial charge in [-0.05, 0) is 6.92 Å². The molecule has 12 heteroatoms. The summed E-state index contributed by atoms with van der Waals surface area (Å²) >= 11 is 0. The Morgan fingerprint density at radius 2 is 1.84 bits per heavy atom. The number of carboxylic acid groups (broad SMARTS) is 1. The second kappa shape index (κ2) is 9.06. The molecule has 1 aliphatic rings. The van der Waals surface area contributed by atoms with Gasteiger partial charge in [0.1, 0.15) is 35.4 Å². The second-order valence-electron chi connectivity index (χ2n) is 6.35. The number of methoxy groups -OCH3 is 1. The quantitative estimate of drug-likeness (QED) is 0.581. The monoisotopic (exact) mass is 443 g/mol. The maximum Gasteiger partial charge on any atom is 0.344 e. The number of aromatic nitrogens is 2. The van der Waals surface area contributed by atoms with Crippen LogP contribution in [0.25, 0.3) is 0 Å². The Bertz CT molecular complexity index is 997. The summed E-state index contributed by atoms with van der Waals surface area (Å²) in [4.78, 5) is 19.0. The van der Waals surface area contributed by atoms with E-state index in [1.165, 1.54) is 26.2 Å².